The Balaban J connectivity index is 2.11. The number of hydrazone groups is 1. The summed E-state index contributed by atoms with van der Waals surface area (Å²) >= 11 is 0. The molecule has 0 saturated carbocycles. The first-order valence-corrected chi connectivity index (χ1v) is 5.28. The summed E-state index contributed by atoms with van der Waals surface area (Å²) in [7, 11) is 1.57. The maximum atomic E-state index is 11.9. The van der Waals surface area contributed by atoms with Gasteiger partial charge in [0.05, 0.1) is 5.71 Å². The van der Waals surface area contributed by atoms with Crippen molar-refractivity contribution >= 4 is 17.5 Å². The number of carbonyl (C=O) groups excluding carboxylic acids is 2. The minimum atomic E-state index is -0.646. The first-order chi connectivity index (χ1) is 8.09. The lowest BCUT2D eigenvalue weighted by Crippen LogP contribution is -2.45. The molecule has 1 N–H and O–H groups in total. The highest BCUT2D eigenvalue weighted by molar-refractivity contribution is 6.13. The van der Waals surface area contributed by atoms with Crippen LogP contribution in [0.2, 0.25) is 0 Å². The maximum Gasteiger partial charge on any atom is 0.270 e. The van der Waals surface area contributed by atoms with Gasteiger partial charge in [0.1, 0.15) is 0 Å². The molecule has 1 aromatic carbocycles. The predicted molar refractivity (Wildman–Crippen MR) is 63.6 cm³/mol. The largest absolute Gasteiger partial charge is 0.335 e. The van der Waals surface area contributed by atoms with Crippen LogP contribution in [0, 0.1) is 0 Å². The molecule has 1 aromatic rings. The van der Waals surface area contributed by atoms with Crippen LogP contribution in [0.5, 0.6) is 0 Å². The zero-order chi connectivity index (χ0) is 12.4. The molecule has 0 aromatic heterocycles. The summed E-state index contributed by atoms with van der Waals surface area (Å²) in [5.74, 6) is -0.486. The summed E-state index contributed by atoms with van der Waals surface area (Å²) in [6, 6.07) is 8.14. The van der Waals surface area contributed by atoms with Crippen molar-refractivity contribution in [3.05, 3.63) is 35.9 Å². The average molecular weight is 231 g/mol. The molecule has 0 spiro atoms. The van der Waals surface area contributed by atoms with E-state index in [0.717, 1.165) is 0 Å². The van der Waals surface area contributed by atoms with Gasteiger partial charge in [0.25, 0.3) is 11.8 Å². The molecule has 2 rings (SSSR count). The molecule has 1 aliphatic heterocycles. The first kappa shape index (κ1) is 11.3. The molecular weight excluding hydrogens is 218 g/mol. The van der Waals surface area contributed by atoms with Crippen LogP contribution in [-0.4, -0.2) is 35.6 Å². The standard InChI is InChI=1S/C12H13N3O2/c1-8-10(12(17)15(2)14-8)13-11(16)9-6-4-3-5-7-9/h3-7,10H,1-2H3,(H,13,16). The van der Waals surface area contributed by atoms with Gasteiger partial charge in [-0.1, -0.05) is 18.2 Å². The number of rotatable bonds is 2. The SMILES string of the molecule is CC1=NN(C)C(=O)C1NC(=O)c1ccccc1. The number of nitrogens with zero attached hydrogens (tertiary/aromatic N) is 2. The van der Waals surface area contributed by atoms with Crippen LogP contribution in [0.15, 0.2) is 35.4 Å². The van der Waals surface area contributed by atoms with Gasteiger partial charge in [0.15, 0.2) is 6.04 Å². The van der Waals surface area contributed by atoms with Crippen LogP contribution in [0.1, 0.15) is 17.3 Å². The van der Waals surface area contributed by atoms with Crippen molar-refractivity contribution in [1.29, 1.82) is 0 Å². The van der Waals surface area contributed by atoms with Crippen molar-refractivity contribution in [2.45, 2.75) is 13.0 Å². The monoisotopic (exact) mass is 231 g/mol. The van der Waals surface area contributed by atoms with Gasteiger partial charge in [0.2, 0.25) is 0 Å². The van der Waals surface area contributed by atoms with E-state index in [9.17, 15) is 9.59 Å². The lowest BCUT2D eigenvalue weighted by Gasteiger charge is -2.12. The Hall–Kier alpha value is -2.17. The molecule has 1 aliphatic rings. The highest BCUT2D eigenvalue weighted by Gasteiger charge is 2.32. The van der Waals surface area contributed by atoms with Gasteiger partial charge in [-0.2, -0.15) is 5.10 Å². The zero-order valence-corrected chi connectivity index (χ0v) is 9.68. The molecule has 0 bridgehead atoms. The number of amides is 2. The van der Waals surface area contributed by atoms with Crippen LogP contribution < -0.4 is 5.32 Å². The molecule has 17 heavy (non-hydrogen) atoms. The minimum absolute atomic E-state index is 0.216. The van der Waals surface area contributed by atoms with E-state index < -0.39 is 6.04 Å². The van der Waals surface area contributed by atoms with E-state index in [1.165, 1.54) is 5.01 Å². The molecule has 0 fully saturated rings. The van der Waals surface area contributed by atoms with Crippen molar-refractivity contribution in [1.82, 2.24) is 10.3 Å². The summed E-state index contributed by atoms with van der Waals surface area (Å²) in [5.41, 5.74) is 1.13. The van der Waals surface area contributed by atoms with Crippen molar-refractivity contribution < 1.29 is 9.59 Å². The first-order valence-electron chi connectivity index (χ1n) is 5.28. The fourth-order valence-electron chi connectivity index (χ4n) is 1.68. The third-order valence-corrected chi connectivity index (χ3v) is 2.60. The Bertz CT molecular complexity index is 482. The third kappa shape index (κ3) is 2.18. The topological polar surface area (TPSA) is 61.8 Å². The number of hydrogen-bond donors (Lipinski definition) is 1. The van der Waals surface area contributed by atoms with Crippen molar-refractivity contribution in [3.63, 3.8) is 0 Å². The molecule has 88 valence electrons. The number of likely N-dealkylation sites (N-methyl/N-ethyl adjacent to an activating group) is 1. The molecule has 1 heterocycles. The summed E-state index contributed by atoms with van der Waals surface area (Å²) in [6.07, 6.45) is 0. The fourth-order valence-corrected chi connectivity index (χ4v) is 1.68. The number of nitrogens with one attached hydrogen (secondary N) is 1. The Labute approximate surface area is 99.1 Å². The van der Waals surface area contributed by atoms with Gasteiger partial charge in [-0.15, -0.1) is 0 Å². The number of hydrogen-bond acceptors (Lipinski definition) is 3. The minimum Gasteiger partial charge on any atom is -0.335 e. The molecule has 5 nitrogen and oxygen atoms in total. The smallest absolute Gasteiger partial charge is 0.270 e. The van der Waals surface area contributed by atoms with E-state index in [2.05, 4.69) is 10.4 Å². The predicted octanol–water partition coefficient (Wildman–Crippen LogP) is 0.633. The van der Waals surface area contributed by atoms with Crippen LogP contribution in [0.25, 0.3) is 0 Å². The quantitative estimate of drug-likeness (QED) is 0.811. The highest BCUT2D eigenvalue weighted by Crippen LogP contribution is 2.08. The average Bonchev–Trinajstić information content (AvgIpc) is 2.57. The normalized spacial score (nSPS) is 19.2. The van der Waals surface area contributed by atoms with Crippen LogP contribution in [0.3, 0.4) is 0 Å². The maximum absolute atomic E-state index is 11.9. The van der Waals surface area contributed by atoms with Crippen molar-refractivity contribution in [2.75, 3.05) is 7.05 Å². The lowest BCUT2D eigenvalue weighted by atomic mass is 10.1. The van der Waals surface area contributed by atoms with E-state index in [-0.39, 0.29) is 11.8 Å². The van der Waals surface area contributed by atoms with Gasteiger partial charge in [-0.3, -0.25) is 9.59 Å². The zero-order valence-electron chi connectivity index (χ0n) is 9.68. The van der Waals surface area contributed by atoms with Crippen molar-refractivity contribution in [2.24, 2.45) is 5.10 Å². The van der Waals surface area contributed by atoms with Gasteiger partial charge in [0, 0.05) is 12.6 Å². The lowest BCUT2D eigenvalue weighted by molar-refractivity contribution is -0.128. The summed E-state index contributed by atoms with van der Waals surface area (Å²) in [5, 5.41) is 7.89. The Morgan fingerprint density at radius 2 is 2.00 bits per heavy atom. The molecule has 1 atom stereocenters. The molecule has 0 radical (unpaired) electrons. The van der Waals surface area contributed by atoms with E-state index in [4.69, 9.17) is 0 Å². The molecule has 2 amide bonds. The van der Waals surface area contributed by atoms with E-state index in [0.29, 0.717) is 11.3 Å². The Morgan fingerprint density at radius 3 is 2.53 bits per heavy atom. The molecule has 5 heteroatoms. The Morgan fingerprint density at radius 1 is 1.35 bits per heavy atom. The van der Waals surface area contributed by atoms with E-state index >= 15 is 0 Å². The van der Waals surface area contributed by atoms with Gasteiger partial charge in [-0.25, -0.2) is 5.01 Å². The van der Waals surface area contributed by atoms with E-state index in [1.54, 1.807) is 38.2 Å². The number of carbonyl (C=O) groups is 2. The number of benzene rings is 1. The second-order valence-corrected chi connectivity index (χ2v) is 3.88. The second kappa shape index (κ2) is 4.37. The molecule has 0 aliphatic carbocycles. The second-order valence-electron chi connectivity index (χ2n) is 3.88. The highest BCUT2D eigenvalue weighted by atomic mass is 16.2. The van der Waals surface area contributed by atoms with Gasteiger partial charge >= 0.3 is 0 Å². The molecular formula is C12H13N3O2. The van der Waals surface area contributed by atoms with Crippen molar-refractivity contribution in [3.8, 4) is 0 Å². The summed E-state index contributed by atoms with van der Waals surface area (Å²) < 4.78 is 0. The van der Waals surface area contributed by atoms with E-state index in [1.807, 2.05) is 6.07 Å². The Kier molecular flexibility index (Phi) is 2.91. The fraction of sp³-hybridized carbons (Fsp3) is 0.250. The van der Waals surface area contributed by atoms with Crippen LogP contribution >= 0.6 is 0 Å². The molecule has 1 unspecified atom stereocenters. The summed E-state index contributed by atoms with van der Waals surface area (Å²) in [4.78, 5) is 23.5. The van der Waals surface area contributed by atoms with Crippen LogP contribution in [-0.2, 0) is 4.79 Å². The summed E-state index contributed by atoms with van der Waals surface area (Å²) in [6.45, 7) is 1.72. The van der Waals surface area contributed by atoms with Crippen LogP contribution in [0.4, 0.5) is 0 Å². The van der Waals surface area contributed by atoms with Gasteiger partial charge in [-0.05, 0) is 19.1 Å². The van der Waals surface area contributed by atoms with Gasteiger partial charge < -0.3 is 5.32 Å². The molecule has 0 saturated heterocycles. The third-order valence-electron chi connectivity index (χ3n) is 2.60.